The molecule has 0 amide bonds. The Bertz CT molecular complexity index is 418. The largest absolute Gasteiger partial charge is 0.359 e. The van der Waals surface area contributed by atoms with Crippen molar-refractivity contribution in [1.82, 2.24) is 14.5 Å². The van der Waals surface area contributed by atoms with Crippen molar-refractivity contribution in [3.05, 3.63) is 28.5 Å². The molecule has 2 heterocycles. The van der Waals surface area contributed by atoms with Crippen molar-refractivity contribution < 1.29 is 0 Å². The molecule has 0 spiro atoms. The summed E-state index contributed by atoms with van der Waals surface area (Å²) in [5.74, 6) is 0.887. The summed E-state index contributed by atoms with van der Waals surface area (Å²) in [6.07, 6.45) is 3.76. The molecule has 1 N–H and O–H groups in total. The minimum Gasteiger partial charge on any atom is -0.359 e. The van der Waals surface area contributed by atoms with Gasteiger partial charge in [-0.05, 0) is 6.92 Å². The summed E-state index contributed by atoms with van der Waals surface area (Å²) in [6, 6.07) is 0. The van der Waals surface area contributed by atoms with Crippen molar-refractivity contribution in [2.75, 3.05) is 12.4 Å². The van der Waals surface area contributed by atoms with Crippen molar-refractivity contribution in [2.45, 2.75) is 13.5 Å². The van der Waals surface area contributed by atoms with Crippen molar-refractivity contribution in [3.63, 3.8) is 0 Å². The Morgan fingerprint density at radius 1 is 1.50 bits per heavy atom. The number of nitrogens with zero attached hydrogens (tertiary/aromatic N) is 3. The number of anilines is 1. The molecule has 0 saturated carbocycles. The lowest BCUT2D eigenvalue weighted by molar-refractivity contribution is 0.810. The van der Waals surface area contributed by atoms with Crippen LogP contribution in [-0.4, -0.2) is 21.6 Å². The first-order chi connectivity index (χ1) is 6.81. The van der Waals surface area contributed by atoms with Gasteiger partial charge in [0.25, 0.3) is 0 Å². The summed E-state index contributed by atoms with van der Waals surface area (Å²) < 4.78 is 2.07. The predicted molar refractivity (Wildman–Crippen MR) is 57.7 cm³/mol. The van der Waals surface area contributed by atoms with E-state index >= 15 is 0 Å². The van der Waals surface area contributed by atoms with Gasteiger partial charge in [-0.15, -0.1) is 11.3 Å². The van der Waals surface area contributed by atoms with Crippen LogP contribution in [0.1, 0.15) is 10.6 Å². The maximum Gasteiger partial charge on any atom is 0.202 e. The Morgan fingerprint density at radius 3 is 3.00 bits per heavy atom. The number of nitrogens with one attached hydrogen (secondary N) is 1. The van der Waals surface area contributed by atoms with E-state index in [1.165, 1.54) is 4.88 Å². The number of hydrogen-bond donors (Lipinski definition) is 1. The fraction of sp³-hybridized carbons (Fsp3) is 0.333. The third-order valence-corrected chi connectivity index (χ3v) is 3.02. The van der Waals surface area contributed by atoms with Crippen molar-refractivity contribution in [2.24, 2.45) is 0 Å². The fourth-order valence-corrected chi connectivity index (χ4v) is 2.07. The van der Waals surface area contributed by atoms with Crippen LogP contribution in [0.25, 0.3) is 0 Å². The van der Waals surface area contributed by atoms with E-state index in [2.05, 4.69) is 19.9 Å². The molecule has 2 rings (SSSR count). The molecule has 2 aromatic rings. The van der Waals surface area contributed by atoms with Gasteiger partial charge in [-0.2, -0.15) is 0 Å². The maximum atomic E-state index is 4.22. The third kappa shape index (κ3) is 1.63. The molecule has 4 nitrogen and oxygen atoms in total. The van der Waals surface area contributed by atoms with Crippen LogP contribution >= 0.6 is 11.3 Å². The zero-order chi connectivity index (χ0) is 9.97. The zero-order valence-corrected chi connectivity index (χ0v) is 9.01. The van der Waals surface area contributed by atoms with E-state index in [1.807, 2.05) is 25.7 Å². The minimum atomic E-state index is 0.840. The molecule has 0 saturated heterocycles. The van der Waals surface area contributed by atoms with E-state index in [0.717, 1.165) is 18.2 Å². The average Bonchev–Trinajstić information content (AvgIpc) is 2.77. The Morgan fingerprint density at radius 2 is 2.36 bits per heavy atom. The van der Waals surface area contributed by atoms with Crippen LogP contribution in [0.3, 0.4) is 0 Å². The second-order valence-corrected chi connectivity index (χ2v) is 3.93. The Kier molecular flexibility index (Phi) is 2.49. The highest BCUT2D eigenvalue weighted by Gasteiger charge is 2.05. The molecule has 14 heavy (non-hydrogen) atoms. The van der Waals surface area contributed by atoms with Gasteiger partial charge < -0.3 is 9.88 Å². The van der Waals surface area contributed by atoms with E-state index in [-0.39, 0.29) is 0 Å². The topological polar surface area (TPSA) is 42.7 Å². The molecule has 0 aromatic carbocycles. The van der Waals surface area contributed by atoms with Crippen LogP contribution in [0, 0.1) is 6.92 Å². The molecule has 0 aliphatic heterocycles. The van der Waals surface area contributed by atoms with Crippen LogP contribution in [0.2, 0.25) is 0 Å². The van der Waals surface area contributed by atoms with Gasteiger partial charge in [0, 0.05) is 24.3 Å². The van der Waals surface area contributed by atoms with Gasteiger partial charge in [0.05, 0.1) is 17.7 Å². The van der Waals surface area contributed by atoms with Gasteiger partial charge in [-0.3, -0.25) is 0 Å². The SMILES string of the molecule is CNc1nccn1Cc1scnc1C. The quantitative estimate of drug-likeness (QED) is 0.835. The highest BCUT2D eigenvalue weighted by Crippen LogP contribution is 2.15. The van der Waals surface area contributed by atoms with E-state index in [9.17, 15) is 0 Å². The molecule has 0 aliphatic carbocycles. The first-order valence-corrected chi connectivity index (χ1v) is 5.27. The monoisotopic (exact) mass is 208 g/mol. The van der Waals surface area contributed by atoms with Crippen LogP contribution in [0.4, 0.5) is 5.95 Å². The first-order valence-electron chi connectivity index (χ1n) is 4.39. The Balaban J connectivity index is 2.22. The normalized spacial score (nSPS) is 10.4. The highest BCUT2D eigenvalue weighted by molar-refractivity contribution is 7.09. The summed E-state index contributed by atoms with van der Waals surface area (Å²) >= 11 is 1.68. The summed E-state index contributed by atoms with van der Waals surface area (Å²) in [4.78, 5) is 9.68. The molecule has 2 aromatic heterocycles. The number of thiazole rings is 1. The van der Waals surface area contributed by atoms with Crippen LogP contribution < -0.4 is 5.32 Å². The van der Waals surface area contributed by atoms with Gasteiger partial charge in [-0.25, -0.2) is 9.97 Å². The smallest absolute Gasteiger partial charge is 0.202 e. The summed E-state index contributed by atoms with van der Waals surface area (Å²) in [7, 11) is 1.87. The molecule has 0 bridgehead atoms. The second kappa shape index (κ2) is 3.79. The lowest BCUT2D eigenvalue weighted by Gasteiger charge is -2.05. The molecular formula is C9H12N4S. The van der Waals surface area contributed by atoms with E-state index in [0.29, 0.717) is 0 Å². The van der Waals surface area contributed by atoms with Crippen molar-refractivity contribution in [3.8, 4) is 0 Å². The number of imidazole rings is 1. The molecular weight excluding hydrogens is 196 g/mol. The molecule has 0 atom stereocenters. The summed E-state index contributed by atoms with van der Waals surface area (Å²) in [5, 5.41) is 3.04. The number of aryl methyl sites for hydroxylation is 1. The van der Waals surface area contributed by atoms with E-state index in [1.54, 1.807) is 17.5 Å². The van der Waals surface area contributed by atoms with Gasteiger partial charge in [0.2, 0.25) is 5.95 Å². The van der Waals surface area contributed by atoms with Gasteiger partial charge >= 0.3 is 0 Å². The Hall–Kier alpha value is -1.36. The molecule has 0 fully saturated rings. The van der Waals surface area contributed by atoms with Crippen molar-refractivity contribution >= 4 is 17.3 Å². The predicted octanol–water partition coefficient (Wildman–Crippen LogP) is 1.74. The second-order valence-electron chi connectivity index (χ2n) is 2.99. The maximum absolute atomic E-state index is 4.22. The lowest BCUT2D eigenvalue weighted by Crippen LogP contribution is -2.03. The Labute approximate surface area is 86.6 Å². The van der Waals surface area contributed by atoms with Crippen LogP contribution in [-0.2, 0) is 6.54 Å². The summed E-state index contributed by atoms with van der Waals surface area (Å²) in [5.41, 5.74) is 2.98. The average molecular weight is 208 g/mol. The zero-order valence-electron chi connectivity index (χ0n) is 8.19. The summed E-state index contributed by atoms with van der Waals surface area (Å²) in [6.45, 7) is 2.87. The minimum absolute atomic E-state index is 0.840. The molecule has 0 unspecified atom stereocenters. The highest BCUT2D eigenvalue weighted by atomic mass is 32.1. The van der Waals surface area contributed by atoms with E-state index in [4.69, 9.17) is 0 Å². The first kappa shape index (κ1) is 9.21. The lowest BCUT2D eigenvalue weighted by atomic mass is 10.4. The van der Waals surface area contributed by atoms with Crippen LogP contribution in [0.5, 0.6) is 0 Å². The molecule has 0 radical (unpaired) electrons. The standard InChI is InChI=1S/C9H12N4S/c1-7-8(14-6-12-7)5-13-4-3-11-9(13)10-2/h3-4,6H,5H2,1-2H3,(H,10,11). The van der Waals surface area contributed by atoms with Crippen molar-refractivity contribution in [1.29, 1.82) is 0 Å². The number of aromatic nitrogens is 3. The molecule has 5 heteroatoms. The fourth-order valence-electron chi connectivity index (χ4n) is 1.30. The van der Waals surface area contributed by atoms with E-state index < -0.39 is 0 Å². The van der Waals surface area contributed by atoms with Gasteiger partial charge in [0.15, 0.2) is 0 Å². The number of hydrogen-bond acceptors (Lipinski definition) is 4. The molecule has 0 aliphatic rings. The molecule has 74 valence electrons. The van der Waals surface area contributed by atoms with Gasteiger partial charge in [0.1, 0.15) is 0 Å². The van der Waals surface area contributed by atoms with Crippen LogP contribution in [0.15, 0.2) is 17.9 Å². The number of rotatable bonds is 3. The van der Waals surface area contributed by atoms with Gasteiger partial charge in [-0.1, -0.05) is 0 Å². The third-order valence-electron chi connectivity index (χ3n) is 2.10.